The highest BCUT2D eigenvalue weighted by Crippen LogP contribution is 2.13. The zero-order valence-electron chi connectivity index (χ0n) is 10.5. The van der Waals surface area contributed by atoms with Gasteiger partial charge in [-0.05, 0) is 6.07 Å². The smallest absolute Gasteiger partial charge is 0.230 e. The molecule has 0 fully saturated rings. The largest absolute Gasteiger partial charge is 0.351 e. The molecule has 2 rings (SSSR count). The van der Waals surface area contributed by atoms with Crippen molar-refractivity contribution < 1.29 is 9.18 Å². The van der Waals surface area contributed by atoms with Crippen molar-refractivity contribution in [3.05, 3.63) is 48.0 Å². The van der Waals surface area contributed by atoms with Gasteiger partial charge in [0, 0.05) is 31.5 Å². The predicted octanol–water partition coefficient (Wildman–Crippen LogP) is 1.97. The Hall–Kier alpha value is -1.82. The molecule has 0 radical (unpaired) electrons. The van der Waals surface area contributed by atoms with Gasteiger partial charge >= 0.3 is 0 Å². The van der Waals surface area contributed by atoms with Crippen molar-refractivity contribution in [3.8, 4) is 0 Å². The topological polar surface area (TPSA) is 46.9 Å². The number of rotatable bonds is 5. The quantitative estimate of drug-likeness (QED) is 0.851. The molecule has 0 atom stereocenters. The van der Waals surface area contributed by atoms with E-state index in [0.717, 1.165) is 5.16 Å². The number of amides is 1. The number of halogens is 1. The number of hydrogen-bond donors (Lipinski definition) is 1. The highest BCUT2D eigenvalue weighted by atomic mass is 32.2. The summed E-state index contributed by atoms with van der Waals surface area (Å²) in [6.45, 7) is 0.201. The lowest BCUT2D eigenvalue weighted by molar-refractivity contribution is -0.118. The Morgan fingerprint density at radius 3 is 2.95 bits per heavy atom. The van der Waals surface area contributed by atoms with Gasteiger partial charge in [0.05, 0.1) is 5.75 Å². The molecule has 1 N–H and O–H groups in total. The Morgan fingerprint density at radius 2 is 2.26 bits per heavy atom. The summed E-state index contributed by atoms with van der Waals surface area (Å²) in [5.41, 5.74) is 0.484. The number of thioether (sulfide) groups is 1. The van der Waals surface area contributed by atoms with Crippen molar-refractivity contribution in [1.82, 2.24) is 14.9 Å². The number of nitrogens with one attached hydrogen (secondary N) is 1. The van der Waals surface area contributed by atoms with E-state index in [1.54, 1.807) is 24.4 Å². The molecular formula is C13H14FN3OS. The molecule has 100 valence electrons. The molecule has 0 unspecified atom stereocenters. The summed E-state index contributed by atoms with van der Waals surface area (Å²) in [5.74, 6) is -0.185. The number of aromatic nitrogens is 2. The zero-order valence-corrected chi connectivity index (χ0v) is 11.3. The lowest BCUT2D eigenvalue weighted by Gasteiger charge is -2.06. The van der Waals surface area contributed by atoms with Gasteiger partial charge in [-0.3, -0.25) is 4.79 Å². The predicted molar refractivity (Wildman–Crippen MR) is 72.2 cm³/mol. The van der Waals surface area contributed by atoms with Crippen LogP contribution < -0.4 is 5.32 Å². The first-order valence-electron chi connectivity index (χ1n) is 5.77. The fourth-order valence-electron chi connectivity index (χ4n) is 1.51. The van der Waals surface area contributed by atoms with E-state index in [1.807, 2.05) is 17.8 Å². The maximum absolute atomic E-state index is 13.3. The van der Waals surface area contributed by atoms with Gasteiger partial charge in [0.25, 0.3) is 0 Å². The summed E-state index contributed by atoms with van der Waals surface area (Å²) in [5, 5.41) is 3.46. The molecule has 19 heavy (non-hydrogen) atoms. The normalized spacial score (nSPS) is 10.4. The fraction of sp³-hybridized carbons (Fsp3) is 0.231. The Morgan fingerprint density at radius 1 is 1.47 bits per heavy atom. The minimum absolute atomic E-state index is 0.142. The van der Waals surface area contributed by atoms with Crippen LogP contribution in [0.3, 0.4) is 0 Å². The van der Waals surface area contributed by atoms with E-state index in [9.17, 15) is 9.18 Å². The maximum atomic E-state index is 13.3. The van der Waals surface area contributed by atoms with Crippen LogP contribution in [0.5, 0.6) is 0 Å². The number of carbonyl (C=O) groups is 1. The van der Waals surface area contributed by atoms with E-state index in [0.29, 0.717) is 5.56 Å². The summed E-state index contributed by atoms with van der Waals surface area (Å²) >= 11 is 1.35. The molecule has 4 nitrogen and oxygen atoms in total. The van der Waals surface area contributed by atoms with Crippen LogP contribution >= 0.6 is 11.8 Å². The lowest BCUT2D eigenvalue weighted by atomic mass is 10.2. The van der Waals surface area contributed by atoms with Gasteiger partial charge in [0.2, 0.25) is 5.91 Å². The van der Waals surface area contributed by atoms with Gasteiger partial charge in [-0.25, -0.2) is 9.37 Å². The van der Waals surface area contributed by atoms with Crippen molar-refractivity contribution in [2.45, 2.75) is 11.7 Å². The van der Waals surface area contributed by atoms with Crippen molar-refractivity contribution in [3.63, 3.8) is 0 Å². The molecule has 0 aliphatic carbocycles. The van der Waals surface area contributed by atoms with E-state index in [4.69, 9.17) is 0 Å². The molecule has 0 bridgehead atoms. The lowest BCUT2D eigenvalue weighted by Crippen LogP contribution is -2.25. The second-order valence-corrected chi connectivity index (χ2v) is 4.92. The third-order valence-electron chi connectivity index (χ3n) is 2.54. The van der Waals surface area contributed by atoms with Crippen LogP contribution in [-0.4, -0.2) is 21.2 Å². The van der Waals surface area contributed by atoms with Crippen molar-refractivity contribution in [2.24, 2.45) is 7.05 Å². The summed E-state index contributed by atoms with van der Waals surface area (Å²) in [6, 6.07) is 6.40. The van der Waals surface area contributed by atoms with E-state index in [1.165, 1.54) is 17.8 Å². The SMILES string of the molecule is Cn1ccnc1SCC(=O)NCc1ccccc1F. The summed E-state index contributed by atoms with van der Waals surface area (Å²) in [7, 11) is 1.87. The highest BCUT2D eigenvalue weighted by Gasteiger charge is 2.07. The van der Waals surface area contributed by atoms with Gasteiger partial charge in [-0.1, -0.05) is 30.0 Å². The molecule has 1 amide bonds. The van der Waals surface area contributed by atoms with Gasteiger partial charge in [0.1, 0.15) is 5.82 Å². The van der Waals surface area contributed by atoms with Crippen molar-refractivity contribution in [2.75, 3.05) is 5.75 Å². The molecule has 0 aliphatic heterocycles. The first-order valence-corrected chi connectivity index (χ1v) is 6.75. The number of nitrogens with zero attached hydrogens (tertiary/aromatic N) is 2. The van der Waals surface area contributed by atoms with Gasteiger partial charge in [0.15, 0.2) is 5.16 Å². The minimum Gasteiger partial charge on any atom is -0.351 e. The van der Waals surface area contributed by atoms with Gasteiger partial charge in [-0.15, -0.1) is 0 Å². The van der Waals surface area contributed by atoms with Crippen LogP contribution in [-0.2, 0) is 18.4 Å². The first-order chi connectivity index (χ1) is 9.16. The molecule has 0 saturated heterocycles. The molecule has 2 aromatic rings. The summed E-state index contributed by atoms with van der Waals surface area (Å²) in [6.07, 6.45) is 3.50. The van der Waals surface area contributed by atoms with Crippen LogP contribution in [0.25, 0.3) is 0 Å². The van der Waals surface area contributed by atoms with E-state index in [2.05, 4.69) is 10.3 Å². The zero-order chi connectivity index (χ0) is 13.7. The molecule has 1 aromatic carbocycles. The van der Waals surface area contributed by atoms with Crippen molar-refractivity contribution >= 4 is 17.7 Å². The minimum atomic E-state index is -0.306. The Balaban J connectivity index is 1.79. The monoisotopic (exact) mass is 279 g/mol. The average molecular weight is 279 g/mol. The van der Waals surface area contributed by atoms with E-state index in [-0.39, 0.29) is 24.0 Å². The molecule has 1 aromatic heterocycles. The number of carbonyl (C=O) groups excluding carboxylic acids is 1. The third-order valence-corrected chi connectivity index (χ3v) is 3.60. The number of imidazole rings is 1. The van der Waals surface area contributed by atoms with Crippen LogP contribution in [0.4, 0.5) is 4.39 Å². The summed E-state index contributed by atoms with van der Waals surface area (Å²) < 4.78 is 15.2. The number of hydrogen-bond acceptors (Lipinski definition) is 3. The van der Waals surface area contributed by atoms with Crippen LogP contribution in [0.15, 0.2) is 41.8 Å². The fourth-order valence-corrected chi connectivity index (χ4v) is 2.27. The third kappa shape index (κ3) is 3.82. The Labute approximate surface area is 115 Å². The van der Waals surface area contributed by atoms with E-state index < -0.39 is 0 Å². The van der Waals surface area contributed by atoms with Crippen molar-refractivity contribution in [1.29, 1.82) is 0 Å². The highest BCUT2D eigenvalue weighted by molar-refractivity contribution is 7.99. The molecular weight excluding hydrogens is 265 g/mol. The Kier molecular flexibility index (Phi) is 4.57. The van der Waals surface area contributed by atoms with Crippen LogP contribution in [0.2, 0.25) is 0 Å². The molecule has 0 saturated carbocycles. The van der Waals surface area contributed by atoms with Gasteiger partial charge in [-0.2, -0.15) is 0 Å². The first kappa shape index (κ1) is 13.6. The molecule has 0 spiro atoms. The van der Waals surface area contributed by atoms with Gasteiger partial charge < -0.3 is 9.88 Å². The second-order valence-electron chi connectivity index (χ2n) is 3.98. The molecule has 1 heterocycles. The van der Waals surface area contributed by atoms with Crippen LogP contribution in [0, 0.1) is 5.82 Å². The van der Waals surface area contributed by atoms with Crippen LogP contribution in [0.1, 0.15) is 5.56 Å². The maximum Gasteiger partial charge on any atom is 0.230 e. The standard InChI is InChI=1S/C13H14FN3OS/c1-17-7-6-15-13(17)19-9-12(18)16-8-10-4-2-3-5-11(10)14/h2-7H,8-9H2,1H3,(H,16,18). The number of aryl methyl sites for hydroxylation is 1. The van der Waals surface area contributed by atoms with E-state index >= 15 is 0 Å². The second kappa shape index (κ2) is 6.38. The molecule has 6 heteroatoms. The summed E-state index contributed by atoms with van der Waals surface area (Å²) in [4.78, 5) is 15.7. The average Bonchev–Trinajstić information content (AvgIpc) is 2.81. The number of benzene rings is 1. The Bertz CT molecular complexity index is 571. The molecule has 0 aliphatic rings.